The minimum absolute atomic E-state index is 0. The number of halogens is 1. The first kappa shape index (κ1) is 24.6. The van der Waals surface area contributed by atoms with Gasteiger partial charge in [-0.3, -0.25) is 4.99 Å². The van der Waals surface area contributed by atoms with E-state index in [2.05, 4.69) is 20.9 Å². The summed E-state index contributed by atoms with van der Waals surface area (Å²) in [5.41, 5.74) is -1.04. The van der Waals surface area contributed by atoms with E-state index in [-0.39, 0.29) is 24.0 Å². The number of hydrogen-bond acceptors (Lipinski definition) is 4. The largest absolute Gasteiger partial charge is 0.469 e. The Morgan fingerprint density at radius 2 is 1.92 bits per heavy atom. The van der Waals surface area contributed by atoms with Crippen molar-refractivity contribution >= 4 is 36.0 Å². The van der Waals surface area contributed by atoms with E-state index < -0.39 is 17.2 Å². The highest BCUT2D eigenvalue weighted by atomic mass is 127. The van der Waals surface area contributed by atoms with Crippen LogP contribution < -0.4 is 16.0 Å². The molecule has 0 saturated heterocycles. The summed E-state index contributed by atoms with van der Waals surface area (Å²) in [6.45, 7) is 13.2. The van der Waals surface area contributed by atoms with Crippen LogP contribution in [-0.4, -0.2) is 42.8 Å². The van der Waals surface area contributed by atoms with Gasteiger partial charge in [-0.05, 0) is 53.7 Å². The van der Waals surface area contributed by atoms with Gasteiger partial charge in [-0.25, -0.2) is 4.79 Å². The molecule has 7 nitrogen and oxygen atoms in total. The van der Waals surface area contributed by atoms with E-state index in [4.69, 9.17) is 9.15 Å². The molecule has 0 aliphatic carbocycles. The van der Waals surface area contributed by atoms with Crippen LogP contribution in [0.5, 0.6) is 0 Å². The number of amides is 1. The molecule has 3 N–H and O–H groups in total. The summed E-state index contributed by atoms with van der Waals surface area (Å²) >= 11 is 0. The molecule has 150 valence electrons. The van der Waals surface area contributed by atoms with Gasteiger partial charge in [0.05, 0.1) is 18.3 Å². The third-order valence-corrected chi connectivity index (χ3v) is 3.06. The molecule has 8 heteroatoms. The zero-order valence-corrected chi connectivity index (χ0v) is 19.0. The lowest BCUT2D eigenvalue weighted by Gasteiger charge is -2.27. The molecule has 0 aromatic carbocycles. The Labute approximate surface area is 173 Å². The standard InChI is InChI=1S/C18H32N4O3.HI/c1-7-19-15(20-11-10-14-9-8-12-24-14)21-13-18(5,6)22-16(23)25-17(2,3)4;/h8-9,12H,7,10-11,13H2,1-6H3,(H,22,23)(H2,19,20,21);1H. The Bertz CT molecular complexity index is 551. The zero-order chi connectivity index (χ0) is 18.9. The highest BCUT2D eigenvalue weighted by molar-refractivity contribution is 14.0. The third kappa shape index (κ3) is 11.2. The molecule has 1 rings (SSSR count). The summed E-state index contributed by atoms with van der Waals surface area (Å²) in [5.74, 6) is 1.63. The molecule has 26 heavy (non-hydrogen) atoms. The molecule has 0 aliphatic heterocycles. The second-order valence-electron chi connectivity index (χ2n) is 7.46. The maximum Gasteiger partial charge on any atom is 0.408 e. The van der Waals surface area contributed by atoms with Crippen molar-refractivity contribution in [3.8, 4) is 0 Å². The summed E-state index contributed by atoms with van der Waals surface area (Å²) in [6, 6.07) is 3.82. The third-order valence-electron chi connectivity index (χ3n) is 3.06. The van der Waals surface area contributed by atoms with Gasteiger partial charge in [0.1, 0.15) is 11.4 Å². The molecule has 0 saturated carbocycles. The molecule has 0 unspecified atom stereocenters. The van der Waals surface area contributed by atoms with Gasteiger partial charge >= 0.3 is 6.09 Å². The van der Waals surface area contributed by atoms with Crippen molar-refractivity contribution in [3.63, 3.8) is 0 Å². The van der Waals surface area contributed by atoms with Crippen LogP contribution in [0.4, 0.5) is 4.79 Å². The number of carbonyl (C=O) groups excluding carboxylic acids is 1. The number of alkyl carbamates (subject to hydrolysis) is 1. The van der Waals surface area contributed by atoms with E-state index in [0.29, 0.717) is 19.0 Å². The molecule has 0 radical (unpaired) electrons. The Morgan fingerprint density at radius 3 is 2.46 bits per heavy atom. The predicted molar refractivity (Wildman–Crippen MR) is 115 cm³/mol. The molecule has 1 amide bonds. The van der Waals surface area contributed by atoms with Crippen molar-refractivity contribution < 1.29 is 13.9 Å². The molecular formula is C18H33IN4O3. The lowest BCUT2D eigenvalue weighted by molar-refractivity contribution is 0.0476. The molecule has 1 aromatic rings. The van der Waals surface area contributed by atoms with E-state index in [1.54, 1.807) is 6.26 Å². The summed E-state index contributed by atoms with van der Waals surface area (Å²) in [4.78, 5) is 16.5. The highest BCUT2D eigenvalue weighted by Gasteiger charge is 2.24. The van der Waals surface area contributed by atoms with Crippen molar-refractivity contribution in [3.05, 3.63) is 24.2 Å². The first-order valence-corrected chi connectivity index (χ1v) is 8.67. The number of nitrogens with zero attached hydrogens (tertiary/aromatic N) is 1. The van der Waals surface area contributed by atoms with Crippen LogP contribution in [0.3, 0.4) is 0 Å². The van der Waals surface area contributed by atoms with Crippen LogP contribution >= 0.6 is 24.0 Å². The van der Waals surface area contributed by atoms with Crippen LogP contribution in [0.25, 0.3) is 0 Å². The number of carbonyl (C=O) groups is 1. The van der Waals surface area contributed by atoms with E-state index in [1.165, 1.54) is 0 Å². The number of hydrogen-bond donors (Lipinski definition) is 3. The average Bonchev–Trinajstić information content (AvgIpc) is 2.95. The van der Waals surface area contributed by atoms with E-state index in [9.17, 15) is 4.79 Å². The summed E-state index contributed by atoms with van der Waals surface area (Å²) < 4.78 is 10.6. The zero-order valence-electron chi connectivity index (χ0n) is 16.6. The highest BCUT2D eigenvalue weighted by Crippen LogP contribution is 2.09. The maximum absolute atomic E-state index is 11.9. The molecule has 0 fully saturated rings. The quantitative estimate of drug-likeness (QED) is 0.317. The number of nitrogens with one attached hydrogen (secondary N) is 3. The first-order valence-electron chi connectivity index (χ1n) is 8.67. The number of ether oxygens (including phenoxy) is 1. The topological polar surface area (TPSA) is 87.9 Å². The van der Waals surface area contributed by atoms with Gasteiger partial charge in [0, 0.05) is 19.5 Å². The molecule has 0 aliphatic rings. The first-order chi connectivity index (χ1) is 11.6. The average molecular weight is 480 g/mol. The fourth-order valence-electron chi connectivity index (χ4n) is 2.00. The monoisotopic (exact) mass is 480 g/mol. The second-order valence-corrected chi connectivity index (χ2v) is 7.46. The van der Waals surface area contributed by atoms with Crippen LogP contribution in [0, 0.1) is 0 Å². The van der Waals surface area contributed by atoms with Crippen molar-refractivity contribution in [2.75, 3.05) is 19.6 Å². The Kier molecular flexibility index (Phi) is 10.7. The smallest absolute Gasteiger partial charge is 0.408 e. The predicted octanol–water partition coefficient (Wildman–Crippen LogP) is 3.30. The molecule has 0 atom stereocenters. The fourth-order valence-corrected chi connectivity index (χ4v) is 2.00. The Balaban J connectivity index is 0.00000625. The van der Waals surface area contributed by atoms with E-state index in [1.807, 2.05) is 53.7 Å². The molecule has 0 bridgehead atoms. The lowest BCUT2D eigenvalue weighted by Crippen LogP contribution is -2.49. The van der Waals surface area contributed by atoms with Crippen LogP contribution in [0.15, 0.2) is 27.8 Å². The van der Waals surface area contributed by atoms with E-state index in [0.717, 1.165) is 18.7 Å². The second kappa shape index (κ2) is 11.3. The molecule has 1 aromatic heterocycles. The minimum atomic E-state index is -0.522. The molecule has 1 heterocycles. The van der Waals surface area contributed by atoms with Gasteiger partial charge in [0.2, 0.25) is 0 Å². The van der Waals surface area contributed by atoms with Crippen molar-refractivity contribution in [1.29, 1.82) is 0 Å². The Hall–Kier alpha value is -1.45. The maximum atomic E-state index is 11.9. The van der Waals surface area contributed by atoms with Gasteiger partial charge in [-0.2, -0.15) is 0 Å². The minimum Gasteiger partial charge on any atom is -0.469 e. The molecule has 0 spiro atoms. The van der Waals surface area contributed by atoms with Crippen LogP contribution in [0.2, 0.25) is 0 Å². The fraction of sp³-hybridized carbons (Fsp3) is 0.667. The van der Waals surface area contributed by atoms with Crippen molar-refractivity contribution in [1.82, 2.24) is 16.0 Å². The summed E-state index contributed by atoms with van der Waals surface area (Å²) in [6.07, 6.45) is 2.00. The van der Waals surface area contributed by atoms with Gasteiger partial charge in [0.15, 0.2) is 5.96 Å². The lowest BCUT2D eigenvalue weighted by atomic mass is 10.1. The summed E-state index contributed by atoms with van der Waals surface area (Å²) in [7, 11) is 0. The SMILES string of the molecule is CCNC(=NCC(C)(C)NC(=O)OC(C)(C)C)NCCc1ccco1.I. The van der Waals surface area contributed by atoms with Gasteiger partial charge in [0.25, 0.3) is 0 Å². The number of rotatable bonds is 7. The number of aliphatic imine (C=N–C) groups is 1. The van der Waals surface area contributed by atoms with Gasteiger partial charge < -0.3 is 25.1 Å². The Morgan fingerprint density at radius 1 is 1.23 bits per heavy atom. The van der Waals surface area contributed by atoms with Crippen molar-refractivity contribution in [2.24, 2.45) is 4.99 Å². The number of furan rings is 1. The van der Waals surface area contributed by atoms with Gasteiger partial charge in [-0.1, -0.05) is 0 Å². The van der Waals surface area contributed by atoms with Crippen LogP contribution in [-0.2, 0) is 11.2 Å². The van der Waals surface area contributed by atoms with Gasteiger partial charge in [-0.15, -0.1) is 24.0 Å². The van der Waals surface area contributed by atoms with E-state index >= 15 is 0 Å². The number of guanidine groups is 1. The van der Waals surface area contributed by atoms with Crippen LogP contribution in [0.1, 0.15) is 47.3 Å². The summed E-state index contributed by atoms with van der Waals surface area (Å²) in [5, 5.41) is 9.30. The van der Waals surface area contributed by atoms with Crippen molar-refractivity contribution in [2.45, 2.75) is 59.1 Å². The normalized spacial score (nSPS) is 12.2. The molecular weight excluding hydrogens is 447 g/mol.